The van der Waals surface area contributed by atoms with Crippen molar-refractivity contribution < 1.29 is 18.7 Å². The molecule has 0 spiro atoms. The molecule has 1 rings (SSSR count). The summed E-state index contributed by atoms with van der Waals surface area (Å²) in [5.41, 5.74) is 0.492. The zero-order chi connectivity index (χ0) is 13.5. The van der Waals surface area contributed by atoms with Crippen molar-refractivity contribution in [1.29, 1.82) is 0 Å². The lowest BCUT2D eigenvalue weighted by Crippen LogP contribution is -2.29. The number of aryl methyl sites for hydroxylation is 1. The Kier molecular flexibility index (Phi) is 5.62. The van der Waals surface area contributed by atoms with Crippen LogP contribution in [-0.2, 0) is 9.53 Å². The topological polar surface area (TPSA) is 35.5 Å². The molecule has 4 heteroatoms. The molecule has 1 unspecified atom stereocenters. The minimum Gasteiger partial charge on any atom is -0.476 e. The number of rotatable bonds is 6. The molecule has 0 aliphatic heterocycles. The summed E-state index contributed by atoms with van der Waals surface area (Å²) in [5, 5.41) is 0. The standard InChI is InChI=1S/C14H19FO3/c1-4-7-12(14(16)17-5-2)18-11-9-6-8-10(3)13(11)15/h6,8-9,12H,4-5,7H2,1-3H3. The van der Waals surface area contributed by atoms with E-state index in [1.807, 2.05) is 6.92 Å². The first kappa shape index (κ1) is 14.5. The van der Waals surface area contributed by atoms with Gasteiger partial charge in [-0.15, -0.1) is 0 Å². The van der Waals surface area contributed by atoms with Gasteiger partial charge in [0, 0.05) is 0 Å². The zero-order valence-corrected chi connectivity index (χ0v) is 11.0. The van der Waals surface area contributed by atoms with E-state index in [0.717, 1.165) is 6.42 Å². The van der Waals surface area contributed by atoms with Crippen LogP contribution in [0.2, 0.25) is 0 Å². The van der Waals surface area contributed by atoms with E-state index in [-0.39, 0.29) is 5.75 Å². The Morgan fingerprint density at radius 1 is 1.39 bits per heavy atom. The smallest absolute Gasteiger partial charge is 0.347 e. The molecule has 100 valence electrons. The summed E-state index contributed by atoms with van der Waals surface area (Å²) in [7, 11) is 0. The maximum Gasteiger partial charge on any atom is 0.347 e. The van der Waals surface area contributed by atoms with Crippen LogP contribution < -0.4 is 4.74 Å². The van der Waals surface area contributed by atoms with Crippen LogP contribution in [0.3, 0.4) is 0 Å². The number of halogens is 1. The maximum atomic E-state index is 13.8. The van der Waals surface area contributed by atoms with Gasteiger partial charge >= 0.3 is 5.97 Å². The molecule has 0 aliphatic carbocycles. The highest BCUT2D eigenvalue weighted by atomic mass is 19.1. The van der Waals surface area contributed by atoms with Crippen LogP contribution in [0.25, 0.3) is 0 Å². The van der Waals surface area contributed by atoms with Gasteiger partial charge in [0.25, 0.3) is 0 Å². The van der Waals surface area contributed by atoms with Gasteiger partial charge in [0.15, 0.2) is 17.7 Å². The molecule has 0 radical (unpaired) electrons. The van der Waals surface area contributed by atoms with E-state index in [2.05, 4.69) is 0 Å². The summed E-state index contributed by atoms with van der Waals surface area (Å²) < 4.78 is 24.1. The van der Waals surface area contributed by atoms with Gasteiger partial charge < -0.3 is 9.47 Å². The van der Waals surface area contributed by atoms with Gasteiger partial charge in [-0.3, -0.25) is 0 Å². The Labute approximate surface area is 107 Å². The van der Waals surface area contributed by atoms with Crippen molar-refractivity contribution in [3.05, 3.63) is 29.6 Å². The minimum atomic E-state index is -0.744. The first-order chi connectivity index (χ1) is 8.60. The summed E-state index contributed by atoms with van der Waals surface area (Å²) in [4.78, 5) is 11.7. The molecule has 0 aliphatic rings. The highest BCUT2D eigenvalue weighted by Gasteiger charge is 2.22. The molecule has 0 aromatic heterocycles. The van der Waals surface area contributed by atoms with Crippen molar-refractivity contribution in [2.75, 3.05) is 6.61 Å². The Hall–Kier alpha value is -1.58. The molecular formula is C14H19FO3. The third kappa shape index (κ3) is 3.72. The molecule has 3 nitrogen and oxygen atoms in total. The molecular weight excluding hydrogens is 235 g/mol. The molecule has 1 atom stereocenters. The lowest BCUT2D eigenvalue weighted by atomic mass is 10.2. The monoisotopic (exact) mass is 254 g/mol. The second kappa shape index (κ2) is 6.99. The number of ether oxygens (including phenoxy) is 2. The highest BCUT2D eigenvalue weighted by Crippen LogP contribution is 2.22. The lowest BCUT2D eigenvalue weighted by Gasteiger charge is -2.17. The first-order valence-corrected chi connectivity index (χ1v) is 6.18. The fourth-order valence-electron chi connectivity index (χ4n) is 1.59. The number of esters is 1. The van der Waals surface area contributed by atoms with E-state index in [4.69, 9.17) is 9.47 Å². The predicted molar refractivity (Wildman–Crippen MR) is 67.1 cm³/mol. The molecule has 0 saturated carbocycles. The summed E-state index contributed by atoms with van der Waals surface area (Å²) in [6.07, 6.45) is 0.523. The van der Waals surface area contributed by atoms with Gasteiger partial charge in [0.05, 0.1) is 6.61 Å². The van der Waals surface area contributed by atoms with Crippen molar-refractivity contribution in [1.82, 2.24) is 0 Å². The molecule has 0 N–H and O–H groups in total. The van der Waals surface area contributed by atoms with Crippen molar-refractivity contribution >= 4 is 5.97 Å². The molecule has 1 aromatic carbocycles. The van der Waals surface area contributed by atoms with Gasteiger partial charge in [0.2, 0.25) is 0 Å². The van der Waals surface area contributed by atoms with Crippen LogP contribution in [0.5, 0.6) is 5.75 Å². The largest absolute Gasteiger partial charge is 0.476 e. The van der Waals surface area contributed by atoms with Gasteiger partial charge in [-0.05, 0) is 31.9 Å². The number of carbonyl (C=O) groups is 1. The van der Waals surface area contributed by atoms with Crippen molar-refractivity contribution in [2.45, 2.75) is 39.7 Å². The normalized spacial score (nSPS) is 12.0. The Balaban J connectivity index is 2.82. The molecule has 0 bridgehead atoms. The molecule has 18 heavy (non-hydrogen) atoms. The molecule has 0 heterocycles. The fraction of sp³-hybridized carbons (Fsp3) is 0.500. The summed E-state index contributed by atoms with van der Waals surface area (Å²) in [6.45, 7) is 5.61. The average Bonchev–Trinajstić information content (AvgIpc) is 2.34. The van der Waals surface area contributed by atoms with E-state index in [0.29, 0.717) is 18.6 Å². The number of benzene rings is 1. The van der Waals surface area contributed by atoms with Crippen LogP contribution in [0.4, 0.5) is 4.39 Å². The van der Waals surface area contributed by atoms with E-state index >= 15 is 0 Å². The van der Waals surface area contributed by atoms with E-state index < -0.39 is 17.9 Å². The summed E-state index contributed by atoms with van der Waals surface area (Å²) in [6, 6.07) is 4.87. The molecule has 0 amide bonds. The van der Waals surface area contributed by atoms with Crippen LogP contribution in [-0.4, -0.2) is 18.7 Å². The maximum absolute atomic E-state index is 13.8. The van der Waals surface area contributed by atoms with Gasteiger partial charge in [-0.1, -0.05) is 25.5 Å². The Bertz CT molecular complexity index is 404. The zero-order valence-electron chi connectivity index (χ0n) is 11.0. The van der Waals surface area contributed by atoms with Crippen LogP contribution in [0.1, 0.15) is 32.3 Å². The first-order valence-electron chi connectivity index (χ1n) is 6.18. The van der Waals surface area contributed by atoms with Gasteiger partial charge in [-0.2, -0.15) is 0 Å². The quantitative estimate of drug-likeness (QED) is 0.731. The second-order valence-electron chi connectivity index (χ2n) is 4.03. The average molecular weight is 254 g/mol. The minimum absolute atomic E-state index is 0.0986. The Morgan fingerprint density at radius 2 is 2.11 bits per heavy atom. The van der Waals surface area contributed by atoms with Crippen LogP contribution >= 0.6 is 0 Å². The van der Waals surface area contributed by atoms with Crippen LogP contribution in [0.15, 0.2) is 18.2 Å². The molecule has 1 aromatic rings. The Morgan fingerprint density at radius 3 is 2.72 bits per heavy atom. The molecule has 0 fully saturated rings. The fourth-order valence-corrected chi connectivity index (χ4v) is 1.59. The lowest BCUT2D eigenvalue weighted by molar-refractivity contribution is -0.151. The number of hydrogen-bond acceptors (Lipinski definition) is 3. The van der Waals surface area contributed by atoms with Crippen molar-refractivity contribution in [3.8, 4) is 5.75 Å². The van der Waals surface area contributed by atoms with Crippen molar-refractivity contribution in [2.24, 2.45) is 0 Å². The van der Waals surface area contributed by atoms with Crippen LogP contribution in [0, 0.1) is 12.7 Å². The van der Waals surface area contributed by atoms with Gasteiger partial charge in [0.1, 0.15) is 0 Å². The predicted octanol–water partition coefficient (Wildman–Crippen LogP) is 3.24. The highest BCUT2D eigenvalue weighted by molar-refractivity contribution is 5.75. The third-order valence-corrected chi connectivity index (χ3v) is 2.53. The summed E-state index contributed by atoms with van der Waals surface area (Å²) in [5.74, 6) is -0.773. The van der Waals surface area contributed by atoms with Crippen molar-refractivity contribution in [3.63, 3.8) is 0 Å². The molecule has 0 saturated heterocycles. The van der Waals surface area contributed by atoms with Gasteiger partial charge in [-0.25, -0.2) is 9.18 Å². The van der Waals surface area contributed by atoms with E-state index in [1.165, 1.54) is 6.07 Å². The van der Waals surface area contributed by atoms with E-state index in [1.54, 1.807) is 26.0 Å². The number of hydrogen-bond donors (Lipinski definition) is 0. The third-order valence-electron chi connectivity index (χ3n) is 2.53. The van der Waals surface area contributed by atoms with E-state index in [9.17, 15) is 9.18 Å². The second-order valence-corrected chi connectivity index (χ2v) is 4.03. The number of carbonyl (C=O) groups excluding carboxylic acids is 1. The summed E-state index contributed by atoms with van der Waals surface area (Å²) >= 11 is 0. The SMILES string of the molecule is CCCC(Oc1cccc(C)c1F)C(=O)OCC.